The van der Waals surface area contributed by atoms with Crippen LogP contribution in [0.15, 0.2) is 61.4 Å². The van der Waals surface area contributed by atoms with Gasteiger partial charge in [-0.1, -0.05) is 12.1 Å². The van der Waals surface area contributed by atoms with Gasteiger partial charge in [-0.2, -0.15) is 0 Å². The maximum Gasteiger partial charge on any atom is 0.123 e. The molecule has 0 saturated carbocycles. The first-order valence-corrected chi connectivity index (χ1v) is 6.42. The molecule has 0 bridgehead atoms. The Balaban J connectivity index is 1.95. The van der Waals surface area contributed by atoms with Crippen LogP contribution in [-0.2, 0) is 0 Å². The van der Waals surface area contributed by atoms with E-state index in [1.165, 1.54) is 12.1 Å². The zero-order chi connectivity index (χ0) is 13.9. The first kappa shape index (κ1) is 12.5. The summed E-state index contributed by atoms with van der Waals surface area (Å²) < 4.78 is 15.0. The van der Waals surface area contributed by atoms with E-state index in [0.29, 0.717) is 0 Å². The van der Waals surface area contributed by atoms with Crippen LogP contribution in [0.2, 0.25) is 0 Å². The Morgan fingerprint density at radius 3 is 2.55 bits per heavy atom. The Labute approximate surface area is 116 Å². The number of aromatic nitrogens is 3. The summed E-state index contributed by atoms with van der Waals surface area (Å²) in [6.45, 7) is 2.09. The second-order valence-corrected chi connectivity index (χ2v) is 4.70. The zero-order valence-corrected chi connectivity index (χ0v) is 11.1. The molecule has 0 aliphatic carbocycles. The summed E-state index contributed by atoms with van der Waals surface area (Å²) in [7, 11) is 0. The van der Waals surface area contributed by atoms with Gasteiger partial charge in [-0.05, 0) is 36.2 Å². The van der Waals surface area contributed by atoms with E-state index in [2.05, 4.69) is 23.0 Å². The minimum absolute atomic E-state index is 0.158. The lowest BCUT2D eigenvalue weighted by Crippen LogP contribution is -2.04. The van der Waals surface area contributed by atoms with Crippen LogP contribution in [0.5, 0.6) is 0 Å². The molecule has 0 aliphatic rings. The van der Waals surface area contributed by atoms with Crippen molar-refractivity contribution in [2.45, 2.75) is 13.0 Å². The first-order chi connectivity index (χ1) is 9.74. The van der Waals surface area contributed by atoms with Crippen LogP contribution in [0.1, 0.15) is 18.5 Å². The smallest absolute Gasteiger partial charge is 0.123 e. The van der Waals surface area contributed by atoms with Gasteiger partial charge in [0.05, 0.1) is 12.4 Å². The first-order valence-electron chi connectivity index (χ1n) is 6.42. The molecule has 3 rings (SSSR count). The Morgan fingerprint density at radius 2 is 1.85 bits per heavy atom. The van der Waals surface area contributed by atoms with E-state index < -0.39 is 0 Å². The molecule has 3 nitrogen and oxygen atoms in total. The summed E-state index contributed by atoms with van der Waals surface area (Å²) >= 11 is 0. The van der Waals surface area contributed by atoms with Gasteiger partial charge >= 0.3 is 0 Å². The fraction of sp³-hybridized carbons (Fsp3) is 0.125. The van der Waals surface area contributed by atoms with Crippen LogP contribution in [-0.4, -0.2) is 14.5 Å². The zero-order valence-electron chi connectivity index (χ0n) is 11.1. The van der Waals surface area contributed by atoms with Crippen molar-refractivity contribution >= 4 is 0 Å². The van der Waals surface area contributed by atoms with Crippen molar-refractivity contribution in [1.82, 2.24) is 14.5 Å². The molecular formula is C16H14FN3. The fourth-order valence-corrected chi connectivity index (χ4v) is 2.16. The summed E-state index contributed by atoms with van der Waals surface area (Å²) in [6.07, 6.45) is 9.10. The lowest BCUT2D eigenvalue weighted by Gasteiger charge is -2.14. The van der Waals surface area contributed by atoms with E-state index in [4.69, 9.17) is 0 Å². The van der Waals surface area contributed by atoms with E-state index in [1.807, 2.05) is 17.0 Å². The average molecular weight is 267 g/mol. The van der Waals surface area contributed by atoms with E-state index in [9.17, 15) is 4.39 Å². The topological polar surface area (TPSA) is 30.7 Å². The van der Waals surface area contributed by atoms with Crippen LogP contribution in [0.4, 0.5) is 4.39 Å². The third kappa shape index (κ3) is 2.45. The monoisotopic (exact) mass is 267 g/mol. The Hall–Kier alpha value is -2.49. The lowest BCUT2D eigenvalue weighted by molar-refractivity contribution is 0.628. The quantitative estimate of drug-likeness (QED) is 0.724. The van der Waals surface area contributed by atoms with Crippen LogP contribution >= 0.6 is 0 Å². The van der Waals surface area contributed by atoms with E-state index in [1.54, 1.807) is 30.9 Å². The van der Waals surface area contributed by atoms with Crippen molar-refractivity contribution in [3.05, 3.63) is 72.8 Å². The molecule has 1 atom stereocenters. The number of benzene rings is 1. The van der Waals surface area contributed by atoms with Gasteiger partial charge in [-0.3, -0.25) is 4.98 Å². The van der Waals surface area contributed by atoms with E-state index >= 15 is 0 Å². The van der Waals surface area contributed by atoms with Crippen molar-refractivity contribution in [1.29, 1.82) is 0 Å². The molecule has 0 N–H and O–H groups in total. The summed E-state index contributed by atoms with van der Waals surface area (Å²) in [5, 5.41) is 0. The third-order valence-corrected chi connectivity index (χ3v) is 3.39. The highest BCUT2D eigenvalue weighted by Gasteiger charge is 2.09. The molecule has 20 heavy (non-hydrogen) atoms. The molecule has 0 aliphatic heterocycles. The second-order valence-electron chi connectivity index (χ2n) is 4.70. The van der Waals surface area contributed by atoms with Gasteiger partial charge in [0.2, 0.25) is 0 Å². The van der Waals surface area contributed by atoms with Crippen molar-refractivity contribution in [2.75, 3.05) is 0 Å². The predicted molar refractivity (Wildman–Crippen MR) is 75.7 cm³/mol. The van der Waals surface area contributed by atoms with Crippen LogP contribution in [0.3, 0.4) is 0 Å². The van der Waals surface area contributed by atoms with Crippen molar-refractivity contribution < 1.29 is 4.39 Å². The third-order valence-electron chi connectivity index (χ3n) is 3.39. The van der Waals surface area contributed by atoms with Gasteiger partial charge in [-0.25, -0.2) is 9.37 Å². The van der Waals surface area contributed by atoms with Crippen LogP contribution in [0.25, 0.3) is 11.1 Å². The Bertz CT molecular complexity index is 690. The fourth-order valence-electron chi connectivity index (χ4n) is 2.16. The van der Waals surface area contributed by atoms with Crippen molar-refractivity contribution in [3.63, 3.8) is 0 Å². The summed E-state index contributed by atoms with van der Waals surface area (Å²) in [4.78, 5) is 8.35. The molecule has 2 heterocycles. The molecule has 2 aromatic heterocycles. The van der Waals surface area contributed by atoms with Gasteiger partial charge in [0.25, 0.3) is 0 Å². The molecule has 100 valence electrons. The highest BCUT2D eigenvalue weighted by molar-refractivity contribution is 5.63. The summed E-state index contributed by atoms with van der Waals surface area (Å²) in [5.74, 6) is -0.232. The maximum absolute atomic E-state index is 13.0. The predicted octanol–water partition coefficient (Wildman–Crippen LogP) is 3.69. The largest absolute Gasteiger partial charge is 0.330 e. The number of halogens is 1. The number of pyridine rings is 1. The molecule has 3 aromatic rings. The Kier molecular flexibility index (Phi) is 3.29. The van der Waals surface area contributed by atoms with Crippen molar-refractivity contribution in [3.8, 4) is 11.1 Å². The summed E-state index contributed by atoms with van der Waals surface area (Å²) in [6, 6.07) is 8.68. The summed E-state index contributed by atoms with van der Waals surface area (Å²) in [5.41, 5.74) is 3.03. The molecular weight excluding hydrogens is 253 g/mol. The van der Waals surface area contributed by atoms with Crippen LogP contribution < -0.4 is 0 Å². The SMILES string of the molecule is CC(c1cncc(-c2ccc(F)cc2)c1)n1ccnc1. The van der Waals surface area contributed by atoms with Gasteiger partial charge in [0.1, 0.15) is 5.82 Å². The molecule has 1 unspecified atom stereocenters. The second kappa shape index (κ2) is 5.25. The molecule has 0 fully saturated rings. The van der Waals surface area contributed by atoms with Crippen molar-refractivity contribution in [2.24, 2.45) is 0 Å². The van der Waals surface area contributed by atoms with Gasteiger partial charge < -0.3 is 4.57 Å². The molecule has 4 heteroatoms. The minimum atomic E-state index is -0.232. The Morgan fingerprint density at radius 1 is 1.05 bits per heavy atom. The average Bonchev–Trinajstić information content (AvgIpc) is 3.01. The lowest BCUT2D eigenvalue weighted by atomic mass is 10.0. The van der Waals surface area contributed by atoms with Gasteiger partial charge in [0, 0.05) is 30.4 Å². The normalized spacial score (nSPS) is 12.3. The molecule has 1 aromatic carbocycles. The number of hydrogen-bond donors (Lipinski definition) is 0. The highest BCUT2D eigenvalue weighted by Crippen LogP contribution is 2.24. The molecule has 0 amide bonds. The minimum Gasteiger partial charge on any atom is -0.330 e. The van der Waals surface area contributed by atoms with E-state index in [0.717, 1.165) is 16.7 Å². The number of hydrogen-bond acceptors (Lipinski definition) is 2. The number of rotatable bonds is 3. The van der Waals surface area contributed by atoms with Gasteiger partial charge in [0.15, 0.2) is 0 Å². The van der Waals surface area contributed by atoms with Gasteiger partial charge in [-0.15, -0.1) is 0 Å². The number of imidazole rings is 1. The number of nitrogens with zero attached hydrogens (tertiary/aromatic N) is 3. The maximum atomic E-state index is 13.0. The standard InChI is InChI=1S/C16H14FN3/c1-12(20-7-6-18-11-20)14-8-15(10-19-9-14)13-2-4-16(17)5-3-13/h2-12H,1H3. The van der Waals surface area contributed by atoms with Crippen LogP contribution in [0, 0.1) is 5.82 Å². The molecule has 0 radical (unpaired) electrons. The molecule has 0 saturated heterocycles. The van der Waals surface area contributed by atoms with E-state index in [-0.39, 0.29) is 11.9 Å². The molecule has 0 spiro atoms. The highest BCUT2D eigenvalue weighted by atomic mass is 19.1.